The number of hydrogen-bond donors (Lipinski definition) is 2. The van der Waals surface area contributed by atoms with Crippen molar-refractivity contribution in [1.29, 1.82) is 0 Å². The van der Waals surface area contributed by atoms with Crippen molar-refractivity contribution < 1.29 is 9.59 Å². The molecular formula is C17H27N3O2S. The Balaban J connectivity index is 1.98. The average molecular weight is 337 g/mol. The average Bonchev–Trinajstić information content (AvgIpc) is 3.06. The molecule has 1 fully saturated rings. The number of thiophene rings is 1. The molecule has 0 spiro atoms. The Bertz CT molecular complexity index is 520. The number of nitrogens with two attached hydrogens (primary N) is 1. The van der Waals surface area contributed by atoms with Crippen LogP contribution in [0.1, 0.15) is 43.3 Å². The molecule has 0 radical (unpaired) electrons. The predicted octanol–water partition coefficient (Wildman–Crippen LogP) is 2.09. The van der Waals surface area contributed by atoms with Gasteiger partial charge in [0.15, 0.2) is 0 Å². The largest absolute Gasteiger partial charge is 0.341 e. The van der Waals surface area contributed by atoms with E-state index in [0.29, 0.717) is 10.8 Å². The number of carbonyl (C=O) groups excluding carboxylic acids is 2. The maximum Gasteiger partial charge on any atom is 0.262 e. The van der Waals surface area contributed by atoms with Crippen molar-refractivity contribution in [2.24, 2.45) is 17.6 Å². The molecular weight excluding hydrogens is 310 g/mol. The fourth-order valence-electron chi connectivity index (χ4n) is 2.98. The summed E-state index contributed by atoms with van der Waals surface area (Å²) in [6.45, 7) is 7.41. The highest BCUT2D eigenvalue weighted by Crippen LogP contribution is 2.21. The van der Waals surface area contributed by atoms with E-state index in [2.05, 4.69) is 5.32 Å². The molecule has 5 nitrogen and oxygen atoms in total. The molecule has 2 heterocycles. The van der Waals surface area contributed by atoms with E-state index in [1.807, 2.05) is 37.1 Å². The first kappa shape index (κ1) is 17.9. The van der Waals surface area contributed by atoms with Crippen LogP contribution in [0.2, 0.25) is 0 Å². The molecule has 1 saturated heterocycles. The molecule has 1 aromatic heterocycles. The van der Waals surface area contributed by atoms with Crippen LogP contribution in [0.25, 0.3) is 0 Å². The van der Waals surface area contributed by atoms with Crippen LogP contribution in [0.15, 0.2) is 17.5 Å². The topological polar surface area (TPSA) is 75.4 Å². The highest BCUT2D eigenvalue weighted by Gasteiger charge is 2.32. The van der Waals surface area contributed by atoms with Gasteiger partial charge in [0.1, 0.15) is 6.04 Å². The van der Waals surface area contributed by atoms with E-state index in [0.717, 1.165) is 25.9 Å². The number of likely N-dealkylation sites (tertiary alicyclic amines) is 1. The Kier molecular flexibility index (Phi) is 6.18. The molecule has 2 amide bonds. The fraction of sp³-hybridized carbons (Fsp3) is 0.647. The quantitative estimate of drug-likeness (QED) is 0.864. The van der Waals surface area contributed by atoms with Gasteiger partial charge in [-0.3, -0.25) is 9.59 Å². The summed E-state index contributed by atoms with van der Waals surface area (Å²) in [4.78, 5) is 27.6. The predicted molar refractivity (Wildman–Crippen MR) is 93.4 cm³/mol. The second kappa shape index (κ2) is 7.93. The van der Waals surface area contributed by atoms with E-state index in [-0.39, 0.29) is 23.8 Å². The Labute approximate surface area is 142 Å². The summed E-state index contributed by atoms with van der Waals surface area (Å²) in [5.41, 5.74) is 5.96. The van der Waals surface area contributed by atoms with Gasteiger partial charge in [0.2, 0.25) is 5.91 Å². The molecule has 0 saturated carbocycles. The zero-order chi connectivity index (χ0) is 17.0. The van der Waals surface area contributed by atoms with Crippen molar-refractivity contribution in [1.82, 2.24) is 10.2 Å². The van der Waals surface area contributed by atoms with Crippen LogP contribution in [0.5, 0.6) is 0 Å². The summed E-state index contributed by atoms with van der Waals surface area (Å²) in [5.74, 6) is 0.389. The Morgan fingerprint density at radius 1 is 1.30 bits per heavy atom. The highest BCUT2D eigenvalue weighted by molar-refractivity contribution is 7.12. The number of piperidine rings is 1. The first-order valence-electron chi connectivity index (χ1n) is 8.29. The van der Waals surface area contributed by atoms with Crippen molar-refractivity contribution in [2.75, 3.05) is 13.1 Å². The highest BCUT2D eigenvalue weighted by atomic mass is 32.1. The van der Waals surface area contributed by atoms with Crippen LogP contribution in [0.3, 0.4) is 0 Å². The standard InChI is InChI=1S/C17H27N3O2S/c1-11(2)15(19-16(21)14-5-4-10-23-14)17(22)20-8-6-13(7-9-20)12(3)18/h4-5,10-13,15H,6-9,18H2,1-3H3,(H,19,21). The number of hydrogen-bond acceptors (Lipinski definition) is 4. The van der Waals surface area contributed by atoms with Crippen molar-refractivity contribution in [3.63, 3.8) is 0 Å². The Hall–Kier alpha value is -1.40. The number of rotatable bonds is 5. The molecule has 0 aromatic carbocycles. The molecule has 1 aliphatic rings. The van der Waals surface area contributed by atoms with Gasteiger partial charge in [-0.25, -0.2) is 0 Å². The van der Waals surface area contributed by atoms with Gasteiger partial charge in [0, 0.05) is 19.1 Å². The molecule has 128 valence electrons. The first-order chi connectivity index (χ1) is 10.9. The summed E-state index contributed by atoms with van der Waals surface area (Å²) < 4.78 is 0. The molecule has 1 aliphatic heterocycles. The lowest BCUT2D eigenvalue weighted by atomic mass is 9.90. The molecule has 0 bridgehead atoms. The van der Waals surface area contributed by atoms with Crippen molar-refractivity contribution in [3.05, 3.63) is 22.4 Å². The lowest BCUT2D eigenvalue weighted by Crippen LogP contribution is -2.53. The zero-order valence-electron chi connectivity index (χ0n) is 14.1. The lowest BCUT2D eigenvalue weighted by molar-refractivity contribution is -0.135. The third-order valence-corrected chi connectivity index (χ3v) is 5.43. The van der Waals surface area contributed by atoms with Crippen LogP contribution in [0.4, 0.5) is 0 Å². The molecule has 0 aliphatic carbocycles. The van der Waals surface area contributed by atoms with Crippen LogP contribution in [-0.4, -0.2) is 41.9 Å². The number of carbonyl (C=O) groups is 2. The van der Waals surface area contributed by atoms with Gasteiger partial charge in [-0.15, -0.1) is 11.3 Å². The van der Waals surface area contributed by atoms with E-state index in [4.69, 9.17) is 5.73 Å². The van der Waals surface area contributed by atoms with E-state index in [9.17, 15) is 9.59 Å². The molecule has 3 N–H and O–H groups in total. The Morgan fingerprint density at radius 2 is 1.96 bits per heavy atom. The van der Waals surface area contributed by atoms with Crippen molar-refractivity contribution in [2.45, 2.75) is 45.7 Å². The molecule has 1 aromatic rings. The smallest absolute Gasteiger partial charge is 0.262 e. The molecule has 6 heteroatoms. The van der Waals surface area contributed by atoms with Gasteiger partial charge < -0.3 is 16.0 Å². The van der Waals surface area contributed by atoms with Crippen LogP contribution >= 0.6 is 11.3 Å². The van der Waals surface area contributed by atoms with E-state index in [1.54, 1.807) is 6.07 Å². The normalized spacial score (nSPS) is 18.7. The van der Waals surface area contributed by atoms with Gasteiger partial charge in [0.05, 0.1) is 4.88 Å². The molecule has 2 unspecified atom stereocenters. The fourth-order valence-corrected chi connectivity index (χ4v) is 3.60. The summed E-state index contributed by atoms with van der Waals surface area (Å²) in [5, 5.41) is 4.77. The van der Waals surface area contributed by atoms with Gasteiger partial charge in [0.25, 0.3) is 5.91 Å². The van der Waals surface area contributed by atoms with Crippen LogP contribution < -0.4 is 11.1 Å². The van der Waals surface area contributed by atoms with Gasteiger partial charge in [-0.2, -0.15) is 0 Å². The van der Waals surface area contributed by atoms with Crippen molar-refractivity contribution in [3.8, 4) is 0 Å². The third-order valence-electron chi connectivity index (χ3n) is 4.56. The summed E-state index contributed by atoms with van der Waals surface area (Å²) in [7, 11) is 0. The zero-order valence-corrected chi connectivity index (χ0v) is 14.9. The van der Waals surface area contributed by atoms with Gasteiger partial charge in [-0.05, 0) is 43.0 Å². The molecule has 2 atom stereocenters. The van der Waals surface area contributed by atoms with E-state index < -0.39 is 6.04 Å². The van der Waals surface area contributed by atoms with Crippen LogP contribution in [0, 0.1) is 11.8 Å². The number of nitrogens with one attached hydrogen (secondary N) is 1. The minimum Gasteiger partial charge on any atom is -0.341 e. The van der Waals surface area contributed by atoms with Crippen molar-refractivity contribution >= 4 is 23.2 Å². The lowest BCUT2D eigenvalue weighted by Gasteiger charge is -2.36. The Morgan fingerprint density at radius 3 is 2.43 bits per heavy atom. The van der Waals surface area contributed by atoms with E-state index in [1.165, 1.54) is 11.3 Å². The maximum atomic E-state index is 12.8. The summed E-state index contributed by atoms with van der Waals surface area (Å²) in [6, 6.07) is 3.31. The van der Waals surface area contributed by atoms with Gasteiger partial charge >= 0.3 is 0 Å². The summed E-state index contributed by atoms with van der Waals surface area (Å²) in [6.07, 6.45) is 1.88. The minimum atomic E-state index is -0.476. The number of nitrogens with zero attached hydrogens (tertiary/aromatic N) is 1. The first-order valence-corrected chi connectivity index (χ1v) is 9.17. The van der Waals surface area contributed by atoms with Crippen LogP contribution in [-0.2, 0) is 4.79 Å². The SMILES string of the molecule is CC(C)C(NC(=O)c1cccs1)C(=O)N1CCC(C(C)N)CC1. The minimum absolute atomic E-state index is 0.0213. The second-order valence-corrected chi connectivity index (χ2v) is 7.64. The van der Waals surface area contributed by atoms with E-state index >= 15 is 0 Å². The molecule has 23 heavy (non-hydrogen) atoms. The van der Waals surface area contributed by atoms with Gasteiger partial charge in [-0.1, -0.05) is 19.9 Å². The third kappa shape index (κ3) is 4.54. The summed E-state index contributed by atoms with van der Waals surface area (Å²) >= 11 is 1.38. The molecule has 2 rings (SSSR count). The number of amides is 2. The monoisotopic (exact) mass is 337 g/mol. The maximum absolute atomic E-state index is 12.8. The second-order valence-electron chi connectivity index (χ2n) is 6.69.